The van der Waals surface area contributed by atoms with Gasteiger partial charge in [-0.3, -0.25) is 10.4 Å². The highest BCUT2D eigenvalue weighted by molar-refractivity contribution is 5.79. The molecular formula is C12H28N4O2. The van der Waals surface area contributed by atoms with E-state index in [1.807, 2.05) is 32.7 Å². The van der Waals surface area contributed by atoms with Crippen LogP contribution in [0.15, 0.2) is 4.99 Å². The van der Waals surface area contributed by atoms with Crippen molar-refractivity contribution in [1.29, 1.82) is 0 Å². The van der Waals surface area contributed by atoms with Gasteiger partial charge < -0.3 is 14.4 Å². The summed E-state index contributed by atoms with van der Waals surface area (Å²) in [4.78, 5) is 6.33. The molecule has 0 saturated carbocycles. The predicted molar refractivity (Wildman–Crippen MR) is 74.5 cm³/mol. The van der Waals surface area contributed by atoms with Gasteiger partial charge >= 0.3 is 0 Å². The second kappa shape index (κ2) is 11.3. The van der Waals surface area contributed by atoms with Crippen molar-refractivity contribution in [1.82, 2.24) is 10.3 Å². The Hall–Kier alpha value is -0.850. The molecule has 0 aliphatic carbocycles. The topological polar surface area (TPSA) is 72.1 Å². The summed E-state index contributed by atoms with van der Waals surface area (Å²) in [5.74, 6) is 6.13. The SMILES string of the molecule is CCOCCCN=C(NN)N(C)CCOC(C)C. The fourth-order valence-electron chi connectivity index (χ4n) is 1.30. The van der Waals surface area contributed by atoms with Gasteiger partial charge in [-0.05, 0) is 27.2 Å². The van der Waals surface area contributed by atoms with Crippen LogP contribution >= 0.6 is 0 Å². The Morgan fingerprint density at radius 1 is 1.39 bits per heavy atom. The normalized spacial score (nSPS) is 12.0. The molecule has 0 aromatic heterocycles. The number of hydrogen-bond acceptors (Lipinski definition) is 4. The molecule has 0 unspecified atom stereocenters. The minimum atomic E-state index is 0.246. The Kier molecular flexibility index (Phi) is 10.7. The third-order valence-corrected chi connectivity index (χ3v) is 2.28. The summed E-state index contributed by atoms with van der Waals surface area (Å²) in [6.07, 6.45) is 1.14. The zero-order chi connectivity index (χ0) is 13.8. The van der Waals surface area contributed by atoms with Gasteiger partial charge in [-0.2, -0.15) is 0 Å². The van der Waals surface area contributed by atoms with Crippen molar-refractivity contribution in [3.63, 3.8) is 0 Å². The number of nitrogens with two attached hydrogens (primary N) is 1. The van der Waals surface area contributed by atoms with Crippen LogP contribution in [0.2, 0.25) is 0 Å². The molecule has 0 rings (SSSR count). The van der Waals surface area contributed by atoms with Crippen molar-refractivity contribution in [3.8, 4) is 0 Å². The van der Waals surface area contributed by atoms with E-state index in [0.29, 0.717) is 19.1 Å². The van der Waals surface area contributed by atoms with Gasteiger partial charge in [0.25, 0.3) is 0 Å². The summed E-state index contributed by atoms with van der Waals surface area (Å²) in [5.41, 5.74) is 2.61. The largest absolute Gasteiger partial charge is 0.382 e. The number of likely N-dealkylation sites (N-methyl/N-ethyl adjacent to an activating group) is 1. The number of rotatable bonds is 9. The van der Waals surface area contributed by atoms with Gasteiger partial charge in [-0.25, -0.2) is 5.84 Å². The van der Waals surface area contributed by atoms with Crippen LogP contribution < -0.4 is 11.3 Å². The van der Waals surface area contributed by atoms with Gasteiger partial charge in [0.2, 0.25) is 5.96 Å². The zero-order valence-electron chi connectivity index (χ0n) is 12.1. The Balaban J connectivity index is 3.86. The van der Waals surface area contributed by atoms with Crippen molar-refractivity contribution < 1.29 is 9.47 Å². The molecule has 0 saturated heterocycles. The molecule has 0 atom stereocenters. The second-order valence-corrected chi connectivity index (χ2v) is 4.24. The van der Waals surface area contributed by atoms with Crippen molar-refractivity contribution in [2.75, 3.05) is 40.0 Å². The Bertz CT molecular complexity index is 222. The smallest absolute Gasteiger partial charge is 0.208 e. The molecule has 3 N–H and O–H groups in total. The Morgan fingerprint density at radius 2 is 2.11 bits per heavy atom. The third-order valence-electron chi connectivity index (χ3n) is 2.28. The van der Waals surface area contributed by atoms with Crippen LogP contribution in [-0.4, -0.2) is 56.9 Å². The molecule has 0 aliphatic heterocycles. The average Bonchev–Trinajstić information content (AvgIpc) is 2.33. The van der Waals surface area contributed by atoms with E-state index >= 15 is 0 Å². The summed E-state index contributed by atoms with van der Waals surface area (Å²) < 4.78 is 10.7. The second-order valence-electron chi connectivity index (χ2n) is 4.24. The molecule has 0 aromatic carbocycles. The predicted octanol–water partition coefficient (Wildman–Crippen LogP) is 0.589. The monoisotopic (exact) mass is 260 g/mol. The van der Waals surface area contributed by atoms with Crippen LogP contribution in [-0.2, 0) is 9.47 Å². The van der Waals surface area contributed by atoms with Crippen molar-refractivity contribution in [3.05, 3.63) is 0 Å². The van der Waals surface area contributed by atoms with Crippen LogP contribution in [0.25, 0.3) is 0 Å². The minimum absolute atomic E-state index is 0.246. The van der Waals surface area contributed by atoms with Crippen LogP contribution in [0.1, 0.15) is 27.2 Å². The molecule has 6 heteroatoms. The molecule has 108 valence electrons. The molecule has 0 heterocycles. The van der Waals surface area contributed by atoms with Crippen molar-refractivity contribution >= 4 is 5.96 Å². The summed E-state index contributed by atoms with van der Waals surface area (Å²) in [7, 11) is 1.94. The highest BCUT2D eigenvalue weighted by Gasteiger charge is 2.04. The summed E-state index contributed by atoms with van der Waals surface area (Å²) in [6, 6.07) is 0. The van der Waals surface area contributed by atoms with Gasteiger partial charge in [0, 0.05) is 33.4 Å². The maximum absolute atomic E-state index is 5.48. The van der Waals surface area contributed by atoms with Crippen molar-refractivity contribution in [2.45, 2.75) is 33.3 Å². The van der Waals surface area contributed by atoms with E-state index in [1.165, 1.54) is 0 Å². The van der Waals surface area contributed by atoms with Gasteiger partial charge in [0.15, 0.2) is 0 Å². The maximum Gasteiger partial charge on any atom is 0.208 e. The molecule has 0 amide bonds. The van der Waals surface area contributed by atoms with Crippen LogP contribution in [0.5, 0.6) is 0 Å². The number of aliphatic imine (C=N–C) groups is 1. The lowest BCUT2D eigenvalue weighted by Crippen LogP contribution is -2.44. The highest BCUT2D eigenvalue weighted by atomic mass is 16.5. The first-order valence-corrected chi connectivity index (χ1v) is 6.53. The van der Waals surface area contributed by atoms with Crippen molar-refractivity contribution in [2.24, 2.45) is 10.8 Å². The molecule has 6 nitrogen and oxygen atoms in total. The lowest BCUT2D eigenvalue weighted by molar-refractivity contribution is 0.0721. The molecule has 0 aliphatic rings. The molecule has 18 heavy (non-hydrogen) atoms. The van der Waals surface area contributed by atoms with E-state index in [9.17, 15) is 0 Å². The minimum Gasteiger partial charge on any atom is -0.382 e. The fourth-order valence-corrected chi connectivity index (χ4v) is 1.30. The van der Waals surface area contributed by atoms with Crippen LogP contribution in [0, 0.1) is 0 Å². The molecule has 0 fully saturated rings. The van der Waals surface area contributed by atoms with E-state index < -0.39 is 0 Å². The fraction of sp³-hybridized carbons (Fsp3) is 0.917. The molecule has 0 aromatic rings. The van der Waals surface area contributed by atoms with Gasteiger partial charge in [0.1, 0.15) is 0 Å². The third kappa shape index (κ3) is 9.21. The number of nitrogens with one attached hydrogen (secondary N) is 1. The van der Waals surface area contributed by atoms with E-state index in [-0.39, 0.29) is 6.10 Å². The standard InChI is InChI=1S/C12H28N4O2/c1-5-17-9-6-7-14-12(15-13)16(4)8-10-18-11(2)3/h11H,5-10,13H2,1-4H3,(H,14,15). The first-order chi connectivity index (χ1) is 8.61. The van der Waals surface area contributed by atoms with Gasteiger partial charge in [0.05, 0.1) is 12.7 Å². The number of ether oxygens (including phenoxy) is 2. The number of hydrazine groups is 1. The summed E-state index contributed by atoms with van der Waals surface area (Å²) in [6.45, 7) is 9.62. The first-order valence-electron chi connectivity index (χ1n) is 6.53. The Morgan fingerprint density at radius 3 is 2.67 bits per heavy atom. The lowest BCUT2D eigenvalue weighted by Gasteiger charge is -2.21. The average molecular weight is 260 g/mol. The first kappa shape index (κ1) is 17.2. The Labute approximate surface area is 110 Å². The molecule has 0 bridgehead atoms. The van der Waals surface area contributed by atoms with Gasteiger partial charge in [-0.1, -0.05) is 0 Å². The molecule has 0 spiro atoms. The number of guanidine groups is 1. The van der Waals surface area contributed by atoms with E-state index in [0.717, 1.165) is 26.2 Å². The number of nitrogens with zero attached hydrogens (tertiary/aromatic N) is 2. The van der Waals surface area contributed by atoms with E-state index in [1.54, 1.807) is 0 Å². The summed E-state index contributed by atoms with van der Waals surface area (Å²) >= 11 is 0. The maximum atomic E-state index is 5.48. The lowest BCUT2D eigenvalue weighted by atomic mass is 10.4. The summed E-state index contributed by atoms with van der Waals surface area (Å²) in [5, 5.41) is 0. The quantitative estimate of drug-likeness (QED) is 0.209. The van der Waals surface area contributed by atoms with Gasteiger partial charge in [-0.15, -0.1) is 0 Å². The number of hydrogen-bond donors (Lipinski definition) is 2. The van der Waals surface area contributed by atoms with Crippen LogP contribution in [0.3, 0.4) is 0 Å². The zero-order valence-corrected chi connectivity index (χ0v) is 12.1. The van der Waals surface area contributed by atoms with Crippen LogP contribution in [0.4, 0.5) is 0 Å². The highest BCUT2D eigenvalue weighted by Crippen LogP contribution is 1.92. The van der Waals surface area contributed by atoms with E-state index in [2.05, 4.69) is 10.4 Å². The molecular weight excluding hydrogens is 232 g/mol. The van der Waals surface area contributed by atoms with E-state index in [4.69, 9.17) is 15.3 Å². The molecule has 0 radical (unpaired) electrons.